The number of ether oxygens (including phenoxy) is 1. The van der Waals surface area contributed by atoms with Gasteiger partial charge in [-0.3, -0.25) is 9.59 Å². The van der Waals surface area contributed by atoms with Crippen molar-refractivity contribution in [3.8, 4) is 0 Å². The van der Waals surface area contributed by atoms with E-state index >= 15 is 0 Å². The molecular formula is C18H17ClFNO3. The van der Waals surface area contributed by atoms with E-state index in [9.17, 15) is 14.0 Å². The number of hydrogen-bond donors (Lipinski definition) is 1. The van der Waals surface area contributed by atoms with E-state index in [0.717, 1.165) is 11.6 Å². The van der Waals surface area contributed by atoms with Crippen LogP contribution >= 0.6 is 11.6 Å². The van der Waals surface area contributed by atoms with E-state index in [-0.39, 0.29) is 10.7 Å². The van der Waals surface area contributed by atoms with Gasteiger partial charge in [0.25, 0.3) is 5.91 Å². The zero-order valence-corrected chi connectivity index (χ0v) is 13.8. The third kappa shape index (κ3) is 4.80. The summed E-state index contributed by atoms with van der Waals surface area (Å²) in [5.41, 5.74) is 0.810. The zero-order chi connectivity index (χ0) is 17.5. The summed E-state index contributed by atoms with van der Waals surface area (Å²) in [6.07, 6.45) is 0.552. The predicted molar refractivity (Wildman–Crippen MR) is 90.5 cm³/mol. The van der Waals surface area contributed by atoms with Crippen molar-refractivity contribution in [2.75, 3.05) is 11.9 Å². The van der Waals surface area contributed by atoms with Crippen LogP contribution in [0, 0.1) is 5.82 Å². The quantitative estimate of drug-likeness (QED) is 0.797. The number of amides is 1. The molecule has 4 nitrogen and oxygen atoms in total. The van der Waals surface area contributed by atoms with Gasteiger partial charge in [0.2, 0.25) is 0 Å². The molecule has 0 aromatic heterocycles. The van der Waals surface area contributed by atoms with Crippen LogP contribution in [0.25, 0.3) is 0 Å². The van der Waals surface area contributed by atoms with E-state index in [2.05, 4.69) is 5.32 Å². The first-order valence-corrected chi connectivity index (χ1v) is 7.85. The molecule has 1 unspecified atom stereocenters. The number of rotatable bonds is 6. The normalized spacial score (nSPS) is 11.6. The molecule has 24 heavy (non-hydrogen) atoms. The number of hydrogen-bond acceptors (Lipinski definition) is 3. The molecule has 2 aromatic rings. The second-order valence-corrected chi connectivity index (χ2v) is 5.59. The maximum atomic E-state index is 13.6. The van der Waals surface area contributed by atoms with E-state index in [1.165, 1.54) is 12.1 Å². The predicted octanol–water partition coefficient (Wildman–Crippen LogP) is 4.15. The molecule has 126 valence electrons. The first kappa shape index (κ1) is 17.9. The summed E-state index contributed by atoms with van der Waals surface area (Å²) >= 11 is 5.64. The Morgan fingerprint density at radius 1 is 1.21 bits per heavy atom. The average Bonchev–Trinajstić information content (AvgIpc) is 2.57. The summed E-state index contributed by atoms with van der Waals surface area (Å²) in [6.45, 7) is 1.38. The summed E-state index contributed by atoms with van der Waals surface area (Å²) in [6, 6.07) is 13.1. The topological polar surface area (TPSA) is 55.4 Å². The van der Waals surface area contributed by atoms with Crippen molar-refractivity contribution in [2.24, 2.45) is 0 Å². The average molecular weight is 350 g/mol. The maximum Gasteiger partial charge on any atom is 0.313 e. The van der Waals surface area contributed by atoms with Gasteiger partial charge in [0, 0.05) is 5.02 Å². The van der Waals surface area contributed by atoms with Gasteiger partial charge >= 0.3 is 5.97 Å². The number of halogens is 2. The zero-order valence-electron chi connectivity index (χ0n) is 13.1. The van der Waals surface area contributed by atoms with Crippen molar-refractivity contribution in [1.82, 2.24) is 0 Å². The van der Waals surface area contributed by atoms with E-state index in [4.69, 9.17) is 16.3 Å². The Hall–Kier alpha value is -2.40. The molecule has 0 aliphatic rings. The first-order chi connectivity index (χ1) is 11.5. The van der Waals surface area contributed by atoms with E-state index in [0.29, 0.717) is 6.42 Å². The SMILES string of the molecule is CCC(C(=O)OCC(=O)Nc1ccc(Cl)cc1F)c1ccccc1. The third-order valence-electron chi connectivity index (χ3n) is 3.45. The minimum atomic E-state index is -0.655. The third-order valence-corrected chi connectivity index (χ3v) is 3.68. The second kappa shape index (κ2) is 8.45. The monoisotopic (exact) mass is 349 g/mol. The smallest absolute Gasteiger partial charge is 0.313 e. The van der Waals surface area contributed by atoms with Crippen molar-refractivity contribution in [2.45, 2.75) is 19.3 Å². The highest BCUT2D eigenvalue weighted by Crippen LogP contribution is 2.21. The van der Waals surface area contributed by atoms with Crippen LogP contribution in [0.15, 0.2) is 48.5 Å². The Morgan fingerprint density at radius 2 is 1.92 bits per heavy atom. The number of anilines is 1. The molecule has 6 heteroatoms. The van der Waals surface area contributed by atoms with Crippen molar-refractivity contribution in [3.63, 3.8) is 0 Å². The van der Waals surface area contributed by atoms with Crippen LogP contribution in [0.2, 0.25) is 5.02 Å². The van der Waals surface area contributed by atoms with Crippen LogP contribution in [-0.2, 0) is 14.3 Å². The fourth-order valence-corrected chi connectivity index (χ4v) is 2.40. The van der Waals surface area contributed by atoms with Crippen LogP contribution in [0.5, 0.6) is 0 Å². The summed E-state index contributed by atoms with van der Waals surface area (Å²) in [5.74, 6) is -2.20. The molecule has 1 N–H and O–H groups in total. The largest absolute Gasteiger partial charge is 0.455 e. The Kier molecular flexibility index (Phi) is 6.32. The van der Waals surface area contributed by atoms with Crippen molar-refractivity contribution < 1.29 is 18.7 Å². The highest BCUT2D eigenvalue weighted by molar-refractivity contribution is 6.30. The Morgan fingerprint density at radius 3 is 2.54 bits per heavy atom. The molecule has 0 radical (unpaired) electrons. The maximum absolute atomic E-state index is 13.6. The van der Waals surface area contributed by atoms with Crippen molar-refractivity contribution >= 4 is 29.2 Å². The van der Waals surface area contributed by atoms with Crippen LogP contribution in [-0.4, -0.2) is 18.5 Å². The van der Waals surface area contributed by atoms with E-state index in [1.807, 2.05) is 37.3 Å². The van der Waals surface area contributed by atoms with Crippen LogP contribution in [0.4, 0.5) is 10.1 Å². The van der Waals surface area contributed by atoms with E-state index in [1.54, 1.807) is 0 Å². The first-order valence-electron chi connectivity index (χ1n) is 7.47. The molecule has 0 bridgehead atoms. The summed E-state index contributed by atoms with van der Waals surface area (Å²) in [7, 11) is 0. The van der Waals surface area contributed by atoms with Gasteiger partial charge in [-0.1, -0.05) is 48.9 Å². The number of carbonyl (C=O) groups is 2. The minimum absolute atomic E-state index is 0.0180. The highest BCUT2D eigenvalue weighted by atomic mass is 35.5. The van der Waals surface area contributed by atoms with Crippen LogP contribution in [0.3, 0.4) is 0 Å². The number of benzene rings is 2. The fraction of sp³-hybridized carbons (Fsp3) is 0.222. The molecule has 0 saturated carbocycles. The Balaban J connectivity index is 1.92. The molecular weight excluding hydrogens is 333 g/mol. The molecule has 2 aromatic carbocycles. The lowest BCUT2D eigenvalue weighted by Crippen LogP contribution is -2.24. The van der Waals surface area contributed by atoms with Gasteiger partial charge in [-0.05, 0) is 30.2 Å². The summed E-state index contributed by atoms with van der Waals surface area (Å²) in [4.78, 5) is 24.0. The Labute approximate surface area is 144 Å². The Bertz CT molecular complexity index is 721. The van der Waals surface area contributed by atoms with Crippen molar-refractivity contribution in [1.29, 1.82) is 0 Å². The molecule has 0 fully saturated rings. The summed E-state index contributed by atoms with van der Waals surface area (Å²) in [5, 5.41) is 2.57. The van der Waals surface area contributed by atoms with Crippen molar-refractivity contribution in [3.05, 3.63) is 64.9 Å². The van der Waals surface area contributed by atoms with Gasteiger partial charge in [0.1, 0.15) is 5.82 Å². The number of esters is 1. The van der Waals surface area contributed by atoms with E-state index < -0.39 is 30.2 Å². The molecule has 0 heterocycles. The number of carbonyl (C=O) groups excluding carboxylic acids is 2. The molecule has 0 saturated heterocycles. The summed E-state index contributed by atoms with van der Waals surface area (Å²) < 4.78 is 18.7. The lowest BCUT2D eigenvalue weighted by Gasteiger charge is -2.14. The second-order valence-electron chi connectivity index (χ2n) is 5.15. The molecule has 2 rings (SSSR count). The molecule has 1 atom stereocenters. The molecule has 0 aliphatic carbocycles. The molecule has 0 aliphatic heterocycles. The minimum Gasteiger partial charge on any atom is -0.455 e. The van der Waals surface area contributed by atoms with Gasteiger partial charge in [0.05, 0.1) is 11.6 Å². The number of nitrogens with one attached hydrogen (secondary N) is 1. The van der Waals surface area contributed by atoms with Gasteiger partial charge in [0.15, 0.2) is 6.61 Å². The van der Waals surface area contributed by atoms with Gasteiger partial charge in [-0.25, -0.2) is 4.39 Å². The standard InChI is InChI=1S/C18H17ClFNO3/c1-2-14(12-6-4-3-5-7-12)18(23)24-11-17(22)21-16-9-8-13(19)10-15(16)20/h3-10,14H,2,11H2,1H3,(H,21,22). The van der Waals surface area contributed by atoms with Gasteiger partial charge in [-0.2, -0.15) is 0 Å². The highest BCUT2D eigenvalue weighted by Gasteiger charge is 2.21. The van der Waals surface area contributed by atoms with Crippen LogP contribution < -0.4 is 5.32 Å². The lowest BCUT2D eigenvalue weighted by atomic mass is 9.97. The van der Waals surface area contributed by atoms with Gasteiger partial charge in [-0.15, -0.1) is 0 Å². The lowest BCUT2D eigenvalue weighted by molar-refractivity contribution is -0.149. The van der Waals surface area contributed by atoms with Crippen LogP contribution in [0.1, 0.15) is 24.8 Å². The fourth-order valence-electron chi connectivity index (χ4n) is 2.24. The molecule has 0 spiro atoms. The molecule has 1 amide bonds. The van der Waals surface area contributed by atoms with Gasteiger partial charge < -0.3 is 10.1 Å².